The highest BCUT2D eigenvalue weighted by atomic mass is 19.4. The SMILES string of the molecule is O=C(Nc1ccc[nH]c1=O)c1cccnc1OCC(F)(F)F. The van der Waals surface area contributed by atoms with Crippen molar-refractivity contribution in [2.45, 2.75) is 6.18 Å². The van der Waals surface area contributed by atoms with Gasteiger partial charge in [-0.25, -0.2) is 4.98 Å². The number of carbonyl (C=O) groups excluding carboxylic acids is 1. The summed E-state index contributed by atoms with van der Waals surface area (Å²) in [6.07, 6.45) is -1.99. The quantitative estimate of drug-likeness (QED) is 0.904. The van der Waals surface area contributed by atoms with Crippen molar-refractivity contribution in [3.63, 3.8) is 0 Å². The van der Waals surface area contributed by atoms with Gasteiger partial charge < -0.3 is 15.0 Å². The number of amides is 1. The molecule has 0 fully saturated rings. The number of halogens is 3. The molecule has 2 N–H and O–H groups in total. The average Bonchev–Trinajstić information content (AvgIpc) is 2.47. The molecule has 0 atom stereocenters. The number of aromatic nitrogens is 2. The van der Waals surface area contributed by atoms with E-state index in [1.54, 1.807) is 0 Å². The Bertz CT molecular complexity index is 728. The number of carbonyl (C=O) groups is 1. The van der Waals surface area contributed by atoms with E-state index >= 15 is 0 Å². The fourth-order valence-corrected chi connectivity index (χ4v) is 1.54. The van der Waals surface area contributed by atoms with Gasteiger partial charge in [0.1, 0.15) is 11.3 Å². The van der Waals surface area contributed by atoms with Crippen molar-refractivity contribution < 1.29 is 22.7 Å². The molecule has 0 bridgehead atoms. The van der Waals surface area contributed by atoms with Gasteiger partial charge in [-0.3, -0.25) is 9.59 Å². The Labute approximate surface area is 122 Å². The Morgan fingerprint density at radius 3 is 2.77 bits per heavy atom. The molecule has 2 aromatic rings. The number of ether oxygens (including phenoxy) is 1. The first-order valence-corrected chi connectivity index (χ1v) is 6.00. The van der Waals surface area contributed by atoms with Crippen molar-refractivity contribution in [2.24, 2.45) is 0 Å². The maximum Gasteiger partial charge on any atom is 0.422 e. The van der Waals surface area contributed by atoms with Gasteiger partial charge in [-0.2, -0.15) is 13.2 Å². The summed E-state index contributed by atoms with van der Waals surface area (Å²) in [6.45, 7) is -1.57. The lowest BCUT2D eigenvalue weighted by atomic mass is 10.2. The summed E-state index contributed by atoms with van der Waals surface area (Å²) in [6, 6.07) is 5.44. The third-order valence-corrected chi connectivity index (χ3v) is 2.45. The standard InChI is InChI=1S/C13H10F3N3O3/c14-13(15,16)7-22-12-8(3-1-6-18-12)10(20)19-9-4-2-5-17-11(9)21/h1-6H,7H2,(H,17,21)(H,19,20). The van der Waals surface area contributed by atoms with Crippen LogP contribution in [0.2, 0.25) is 0 Å². The summed E-state index contributed by atoms with van der Waals surface area (Å²) in [5, 5.41) is 2.28. The first-order chi connectivity index (χ1) is 10.4. The molecule has 0 spiro atoms. The van der Waals surface area contributed by atoms with Crippen LogP contribution in [0.4, 0.5) is 18.9 Å². The molecule has 116 valence electrons. The van der Waals surface area contributed by atoms with Gasteiger partial charge in [-0.15, -0.1) is 0 Å². The number of hydrogen-bond donors (Lipinski definition) is 2. The van der Waals surface area contributed by atoms with E-state index in [-0.39, 0.29) is 11.3 Å². The summed E-state index contributed by atoms with van der Waals surface area (Å²) in [7, 11) is 0. The van der Waals surface area contributed by atoms with Gasteiger partial charge >= 0.3 is 6.18 Å². The maximum absolute atomic E-state index is 12.2. The topological polar surface area (TPSA) is 84.1 Å². The Morgan fingerprint density at radius 2 is 2.09 bits per heavy atom. The predicted octanol–water partition coefficient (Wildman–Crippen LogP) is 1.96. The highest BCUT2D eigenvalue weighted by molar-refractivity contribution is 6.05. The molecule has 9 heteroatoms. The van der Waals surface area contributed by atoms with Crippen LogP contribution in [0.5, 0.6) is 5.88 Å². The molecule has 0 saturated carbocycles. The molecule has 0 saturated heterocycles. The molecule has 0 aromatic carbocycles. The first kappa shape index (κ1) is 15.5. The molecule has 22 heavy (non-hydrogen) atoms. The van der Waals surface area contributed by atoms with Crippen LogP contribution >= 0.6 is 0 Å². The van der Waals surface area contributed by atoms with Crippen molar-refractivity contribution in [2.75, 3.05) is 11.9 Å². The van der Waals surface area contributed by atoms with Crippen LogP contribution < -0.4 is 15.6 Å². The van der Waals surface area contributed by atoms with E-state index in [1.165, 1.54) is 36.7 Å². The Hall–Kier alpha value is -2.84. The molecular weight excluding hydrogens is 303 g/mol. The van der Waals surface area contributed by atoms with Gasteiger partial charge in [-0.1, -0.05) is 0 Å². The fraction of sp³-hybridized carbons (Fsp3) is 0.154. The Kier molecular flexibility index (Phi) is 4.44. The van der Waals surface area contributed by atoms with Crippen molar-refractivity contribution >= 4 is 11.6 Å². The molecule has 2 heterocycles. The zero-order chi connectivity index (χ0) is 16.2. The van der Waals surface area contributed by atoms with Crippen LogP contribution in [0.1, 0.15) is 10.4 Å². The lowest BCUT2D eigenvalue weighted by Gasteiger charge is -2.11. The van der Waals surface area contributed by atoms with Crippen LogP contribution in [0.25, 0.3) is 0 Å². The Balaban J connectivity index is 2.20. The zero-order valence-electron chi connectivity index (χ0n) is 11.0. The van der Waals surface area contributed by atoms with Crippen LogP contribution in [0, 0.1) is 0 Å². The third-order valence-electron chi connectivity index (χ3n) is 2.45. The molecule has 2 rings (SSSR count). The molecule has 6 nitrogen and oxygen atoms in total. The summed E-state index contributed by atoms with van der Waals surface area (Å²) in [5.74, 6) is -1.27. The summed E-state index contributed by atoms with van der Waals surface area (Å²) < 4.78 is 41.0. The van der Waals surface area contributed by atoms with E-state index in [0.717, 1.165) is 0 Å². The average molecular weight is 313 g/mol. The number of nitrogens with one attached hydrogen (secondary N) is 2. The normalized spacial score (nSPS) is 11.0. The number of pyridine rings is 2. The second-order valence-corrected chi connectivity index (χ2v) is 4.13. The highest BCUT2D eigenvalue weighted by Crippen LogP contribution is 2.20. The lowest BCUT2D eigenvalue weighted by molar-refractivity contribution is -0.154. The minimum Gasteiger partial charge on any atom is -0.467 e. The second kappa shape index (κ2) is 6.29. The number of H-pyrrole nitrogens is 1. The number of rotatable bonds is 4. The van der Waals surface area contributed by atoms with E-state index in [4.69, 9.17) is 0 Å². The van der Waals surface area contributed by atoms with Crippen molar-refractivity contribution in [3.8, 4) is 5.88 Å². The number of hydrogen-bond acceptors (Lipinski definition) is 4. The number of aromatic amines is 1. The fourth-order valence-electron chi connectivity index (χ4n) is 1.54. The molecule has 0 aliphatic carbocycles. The summed E-state index contributed by atoms with van der Waals surface area (Å²) >= 11 is 0. The molecule has 2 aromatic heterocycles. The Morgan fingerprint density at radius 1 is 1.32 bits per heavy atom. The lowest BCUT2D eigenvalue weighted by Crippen LogP contribution is -2.23. The van der Waals surface area contributed by atoms with Gasteiger partial charge in [0.05, 0.1) is 0 Å². The van der Waals surface area contributed by atoms with Crippen molar-refractivity contribution in [1.29, 1.82) is 0 Å². The molecular formula is C13H10F3N3O3. The first-order valence-electron chi connectivity index (χ1n) is 6.00. The monoisotopic (exact) mass is 313 g/mol. The molecule has 0 unspecified atom stereocenters. The van der Waals surface area contributed by atoms with E-state index in [9.17, 15) is 22.8 Å². The molecule has 0 radical (unpaired) electrons. The second-order valence-electron chi connectivity index (χ2n) is 4.13. The molecule has 0 aliphatic rings. The molecule has 1 amide bonds. The van der Waals surface area contributed by atoms with Gasteiger partial charge in [-0.05, 0) is 24.3 Å². The maximum atomic E-state index is 12.2. The predicted molar refractivity (Wildman–Crippen MR) is 70.8 cm³/mol. The van der Waals surface area contributed by atoms with Gasteiger partial charge in [0, 0.05) is 12.4 Å². The smallest absolute Gasteiger partial charge is 0.422 e. The summed E-state index contributed by atoms with van der Waals surface area (Å²) in [5.41, 5.74) is -0.800. The minimum atomic E-state index is -4.55. The number of nitrogens with zero attached hydrogens (tertiary/aromatic N) is 1. The van der Waals surface area contributed by atoms with Crippen LogP contribution in [-0.4, -0.2) is 28.7 Å². The number of alkyl halides is 3. The van der Waals surface area contributed by atoms with Crippen LogP contribution in [0.3, 0.4) is 0 Å². The van der Waals surface area contributed by atoms with E-state index in [0.29, 0.717) is 0 Å². The highest BCUT2D eigenvalue weighted by Gasteiger charge is 2.29. The zero-order valence-corrected chi connectivity index (χ0v) is 11.0. The van der Waals surface area contributed by atoms with Gasteiger partial charge in [0.15, 0.2) is 6.61 Å². The summed E-state index contributed by atoms with van der Waals surface area (Å²) in [4.78, 5) is 29.5. The minimum absolute atomic E-state index is 0.0434. The number of anilines is 1. The third kappa shape index (κ3) is 4.08. The van der Waals surface area contributed by atoms with Gasteiger partial charge in [0.25, 0.3) is 11.5 Å². The van der Waals surface area contributed by atoms with Crippen molar-refractivity contribution in [1.82, 2.24) is 9.97 Å². The van der Waals surface area contributed by atoms with Gasteiger partial charge in [0.2, 0.25) is 5.88 Å². The van der Waals surface area contributed by atoms with Crippen molar-refractivity contribution in [3.05, 3.63) is 52.6 Å². The van der Waals surface area contributed by atoms with Crippen LogP contribution in [-0.2, 0) is 0 Å². The largest absolute Gasteiger partial charge is 0.467 e. The van der Waals surface area contributed by atoms with E-state index in [1.807, 2.05) is 0 Å². The molecule has 0 aliphatic heterocycles. The van der Waals surface area contributed by atoms with Crippen LogP contribution in [0.15, 0.2) is 41.5 Å². The van der Waals surface area contributed by atoms with E-state index < -0.39 is 30.1 Å². The van der Waals surface area contributed by atoms with E-state index in [2.05, 4.69) is 20.0 Å².